The second-order valence-corrected chi connectivity index (χ2v) is 5.12. The predicted molar refractivity (Wildman–Crippen MR) is 67.5 cm³/mol. The first-order valence-corrected chi connectivity index (χ1v) is 6.99. The molecule has 1 aliphatic rings. The fourth-order valence-electron chi connectivity index (χ4n) is 1.76. The van der Waals surface area contributed by atoms with Crippen molar-refractivity contribution in [2.75, 3.05) is 26.0 Å². The maximum atomic E-state index is 5.78. The number of hydrogen-bond donors (Lipinski definition) is 1. The summed E-state index contributed by atoms with van der Waals surface area (Å²) in [5, 5.41) is 3.36. The average molecular weight is 288 g/mol. The van der Waals surface area contributed by atoms with Gasteiger partial charge in [-0.2, -0.15) is 0 Å². The smallest absolute Gasteiger partial charge is 0.0971 e. The van der Waals surface area contributed by atoms with E-state index in [0.717, 1.165) is 24.2 Å². The molecule has 1 N–H and O–H groups in total. The van der Waals surface area contributed by atoms with Gasteiger partial charge in [0.25, 0.3) is 0 Å². The van der Waals surface area contributed by atoms with Crippen LogP contribution in [0.3, 0.4) is 0 Å². The van der Waals surface area contributed by atoms with Gasteiger partial charge in [-0.15, -0.1) is 11.8 Å². The molecule has 1 atom stereocenters. The van der Waals surface area contributed by atoms with Crippen molar-refractivity contribution in [1.29, 1.82) is 0 Å². The van der Waals surface area contributed by atoms with Crippen molar-refractivity contribution in [1.82, 2.24) is 5.32 Å². The molecule has 82 valence electrons. The molecule has 1 saturated heterocycles. The van der Waals surface area contributed by atoms with Crippen LogP contribution in [0.5, 0.6) is 0 Å². The van der Waals surface area contributed by atoms with E-state index in [-0.39, 0.29) is 6.10 Å². The van der Waals surface area contributed by atoms with E-state index >= 15 is 0 Å². The van der Waals surface area contributed by atoms with Gasteiger partial charge in [0.2, 0.25) is 0 Å². The molecule has 2 rings (SSSR count). The first-order chi connectivity index (χ1) is 7.33. The maximum absolute atomic E-state index is 5.78. The topological polar surface area (TPSA) is 21.3 Å². The summed E-state index contributed by atoms with van der Waals surface area (Å²) in [6, 6.07) is 6.28. The largest absolute Gasteiger partial charge is 0.371 e. The fraction of sp³-hybridized carbons (Fsp3) is 0.455. The monoisotopic (exact) mass is 287 g/mol. The van der Waals surface area contributed by atoms with Gasteiger partial charge in [-0.05, 0) is 18.4 Å². The Bertz CT molecular complexity index is 339. The second kappa shape index (κ2) is 5.34. The minimum Gasteiger partial charge on any atom is -0.371 e. The van der Waals surface area contributed by atoms with Crippen molar-refractivity contribution < 1.29 is 4.74 Å². The van der Waals surface area contributed by atoms with E-state index in [1.165, 1.54) is 10.5 Å². The molecule has 1 aromatic carbocycles. The Hall–Kier alpha value is -0.0300. The number of ether oxygens (including phenoxy) is 1. The third-order valence-corrected chi connectivity index (χ3v) is 3.97. The molecule has 0 bridgehead atoms. The van der Waals surface area contributed by atoms with Crippen molar-refractivity contribution in [3.05, 3.63) is 28.2 Å². The van der Waals surface area contributed by atoms with E-state index in [2.05, 4.69) is 45.7 Å². The molecule has 4 heteroatoms. The van der Waals surface area contributed by atoms with E-state index in [1.807, 2.05) is 0 Å². The lowest BCUT2D eigenvalue weighted by molar-refractivity contribution is 0.0256. The van der Waals surface area contributed by atoms with Crippen molar-refractivity contribution in [3.63, 3.8) is 0 Å². The zero-order chi connectivity index (χ0) is 10.7. The van der Waals surface area contributed by atoms with E-state index in [4.69, 9.17) is 4.74 Å². The molecule has 0 saturated carbocycles. The zero-order valence-corrected chi connectivity index (χ0v) is 11.0. The lowest BCUT2D eigenvalue weighted by Gasteiger charge is -2.26. The summed E-state index contributed by atoms with van der Waals surface area (Å²) in [5.41, 5.74) is 1.28. The highest BCUT2D eigenvalue weighted by Crippen LogP contribution is 2.34. The molecule has 1 fully saturated rings. The molecule has 1 aromatic rings. The van der Waals surface area contributed by atoms with Gasteiger partial charge in [-0.25, -0.2) is 0 Å². The molecule has 0 aliphatic carbocycles. The first kappa shape index (κ1) is 11.5. The van der Waals surface area contributed by atoms with Crippen molar-refractivity contribution >= 4 is 27.7 Å². The van der Waals surface area contributed by atoms with E-state index in [9.17, 15) is 0 Å². The molecule has 0 amide bonds. The summed E-state index contributed by atoms with van der Waals surface area (Å²) in [5.74, 6) is 0. The van der Waals surface area contributed by atoms with Crippen molar-refractivity contribution in [2.24, 2.45) is 0 Å². The highest BCUT2D eigenvalue weighted by atomic mass is 79.9. The van der Waals surface area contributed by atoms with Gasteiger partial charge in [0.15, 0.2) is 0 Å². The van der Waals surface area contributed by atoms with E-state index < -0.39 is 0 Å². The molecule has 0 spiro atoms. The predicted octanol–water partition coefficient (Wildman–Crippen LogP) is 2.83. The van der Waals surface area contributed by atoms with Gasteiger partial charge in [-0.3, -0.25) is 0 Å². The van der Waals surface area contributed by atoms with Crippen LogP contribution in [-0.2, 0) is 4.74 Å². The van der Waals surface area contributed by atoms with Crippen LogP contribution in [0.15, 0.2) is 27.6 Å². The van der Waals surface area contributed by atoms with Crippen LogP contribution in [0.2, 0.25) is 0 Å². The molecule has 1 heterocycles. The number of morpholine rings is 1. The normalized spacial score (nSPS) is 21.6. The molecular weight excluding hydrogens is 274 g/mol. The Labute approximate surface area is 103 Å². The third-order valence-electron chi connectivity index (χ3n) is 2.48. The van der Waals surface area contributed by atoms with Crippen molar-refractivity contribution in [3.8, 4) is 0 Å². The summed E-state index contributed by atoms with van der Waals surface area (Å²) < 4.78 is 6.92. The minimum absolute atomic E-state index is 0.178. The maximum Gasteiger partial charge on any atom is 0.0971 e. The number of benzene rings is 1. The number of nitrogens with one attached hydrogen (secondary N) is 1. The standard InChI is InChI=1S/C11H14BrNOS/c1-15-10-4-2-3-8(12)11(10)9-7-13-5-6-14-9/h2-4,9,13H,5-7H2,1H3. The van der Waals surface area contributed by atoms with Gasteiger partial charge in [0, 0.05) is 28.0 Å². The van der Waals surface area contributed by atoms with Crippen LogP contribution < -0.4 is 5.32 Å². The summed E-state index contributed by atoms with van der Waals surface area (Å²) in [7, 11) is 0. The molecule has 0 aromatic heterocycles. The lowest BCUT2D eigenvalue weighted by Crippen LogP contribution is -2.33. The van der Waals surface area contributed by atoms with Gasteiger partial charge >= 0.3 is 0 Å². The number of thioether (sulfide) groups is 1. The van der Waals surface area contributed by atoms with Crippen LogP contribution in [0.4, 0.5) is 0 Å². The number of halogens is 1. The molecule has 15 heavy (non-hydrogen) atoms. The number of hydrogen-bond acceptors (Lipinski definition) is 3. The molecular formula is C11H14BrNOS. The summed E-state index contributed by atoms with van der Waals surface area (Å²) >= 11 is 5.37. The van der Waals surface area contributed by atoms with Gasteiger partial charge in [0.1, 0.15) is 0 Å². The second-order valence-electron chi connectivity index (χ2n) is 3.42. The Morgan fingerprint density at radius 2 is 2.40 bits per heavy atom. The summed E-state index contributed by atoms with van der Waals surface area (Å²) in [6.07, 6.45) is 2.28. The van der Waals surface area contributed by atoms with Gasteiger partial charge in [0.05, 0.1) is 12.7 Å². The van der Waals surface area contributed by atoms with Gasteiger partial charge < -0.3 is 10.1 Å². The lowest BCUT2D eigenvalue weighted by atomic mass is 10.1. The SMILES string of the molecule is CSc1cccc(Br)c1C1CNCCO1. The van der Waals surface area contributed by atoms with Crippen molar-refractivity contribution in [2.45, 2.75) is 11.0 Å². The molecule has 2 nitrogen and oxygen atoms in total. The van der Waals surface area contributed by atoms with Crippen LogP contribution >= 0.6 is 27.7 Å². The van der Waals surface area contributed by atoms with Crippen LogP contribution in [0.1, 0.15) is 11.7 Å². The quantitative estimate of drug-likeness (QED) is 0.846. The Balaban J connectivity index is 2.31. The summed E-state index contributed by atoms with van der Waals surface area (Å²) in [6.45, 7) is 2.64. The van der Waals surface area contributed by atoms with Crippen LogP contribution in [0.25, 0.3) is 0 Å². The first-order valence-electron chi connectivity index (χ1n) is 4.97. The summed E-state index contributed by atoms with van der Waals surface area (Å²) in [4.78, 5) is 1.29. The highest BCUT2D eigenvalue weighted by Gasteiger charge is 2.20. The Kier molecular flexibility index (Phi) is 4.08. The van der Waals surface area contributed by atoms with Gasteiger partial charge in [-0.1, -0.05) is 22.0 Å². The molecule has 1 aliphatic heterocycles. The third kappa shape index (κ3) is 2.56. The van der Waals surface area contributed by atoms with E-state index in [1.54, 1.807) is 11.8 Å². The van der Waals surface area contributed by atoms with Crippen LogP contribution in [0, 0.1) is 0 Å². The zero-order valence-electron chi connectivity index (χ0n) is 8.63. The van der Waals surface area contributed by atoms with Crippen LogP contribution in [-0.4, -0.2) is 26.0 Å². The Morgan fingerprint density at radius 1 is 1.53 bits per heavy atom. The fourth-order valence-corrected chi connectivity index (χ4v) is 3.19. The Morgan fingerprint density at radius 3 is 3.07 bits per heavy atom. The number of rotatable bonds is 2. The molecule has 1 unspecified atom stereocenters. The molecule has 0 radical (unpaired) electrons. The highest BCUT2D eigenvalue weighted by molar-refractivity contribution is 9.10. The minimum atomic E-state index is 0.178. The average Bonchev–Trinajstić information content (AvgIpc) is 2.29. The van der Waals surface area contributed by atoms with E-state index in [0.29, 0.717) is 0 Å².